The minimum absolute atomic E-state index is 0.136. The third-order valence-electron chi connectivity index (χ3n) is 4.33. The van der Waals surface area contributed by atoms with Gasteiger partial charge in [-0.2, -0.15) is 0 Å². The van der Waals surface area contributed by atoms with Crippen LogP contribution in [0.3, 0.4) is 0 Å². The van der Waals surface area contributed by atoms with E-state index in [2.05, 4.69) is 10.3 Å². The molecule has 0 unspecified atom stereocenters. The molecule has 0 fully saturated rings. The SMILES string of the molecule is COC(=O)c1c(NC(=O)CN(C)Cc2csc(C)n2)sc2c1CCCC2. The van der Waals surface area contributed by atoms with Crippen LogP contribution in [0.15, 0.2) is 5.38 Å². The molecular weight excluding hydrogens is 370 g/mol. The quantitative estimate of drug-likeness (QED) is 0.763. The van der Waals surface area contributed by atoms with Crippen molar-refractivity contribution in [2.45, 2.75) is 39.2 Å². The van der Waals surface area contributed by atoms with Crippen LogP contribution < -0.4 is 5.32 Å². The summed E-state index contributed by atoms with van der Waals surface area (Å²) in [6.07, 6.45) is 4.02. The van der Waals surface area contributed by atoms with Crippen LogP contribution in [0.1, 0.15) is 44.3 Å². The third-order valence-corrected chi connectivity index (χ3v) is 6.36. The number of esters is 1. The highest BCUT2D eigenvalue weighted by molar-refractivity contribution is 7.17. The molecule has 0 aromatic carbocycles. The normalized spacial score (nSPS) is 13.5. The molecule has 26 heavy (non-hydrogen) atoms. The second-order valence-corrected chi connectivity index (χ2v) is 8.65. The van der Waals surface area contributed by atoms with Gasteiger partial charge >= 0.3 is 5.97 Å². The molecule has 0 atom stereocenters. The predicted octanol–water partition coefficient (Wildman–Crippen LogP) is 3.25. The van der Waals surface area contributed by atoms with E-state index in [-0.39, 0.29) is 18.4 Å². The smallest absolute Gasteiger partial charge is 0.341 e. The second kappa shape index (κ2) is 8.28. The molecule has 0 radical (unpaired) electrons. The summed E-state index contributed by atoms with van der Waals surface area (Å²) in [7, 11) is 3.26. The minimum atomic E-state index is -0.369. The Morgan fingerprint density at radius 3 is 2.81 bits per heavy atom. The van der Waals surface area contributed by atoms with Crippen molar-refractivity contribution in [3.8, 4) is 0 Å². The molecule has 0 spiro atoms. The Kier molecular flexibility index (Phi) is 6.05. The van der Waals surface area contributed by atoms with E-state index in [0.717, 1.165) is 41.9 Å². The Morgan fingerprint density at radius 1 is 1.35 bits per heavy atom. The van der Waals surface area contributed by atoms with Crippen LogP contribution in [0.2, 0.25) is 0 Å². The Hall–Kier alpha value is -1.77. The Morgan fingerprint density at radius 2 is 2.12 bits per heavy atom. The zero-order valence-electron chi connectivity index (χ0n) is 15.3. The number of anilines is 1. The predicted molar refractivity (Wildman–Crippen MR) is 104 cm³/mol. The molecule has 6 nitrogen and oxygen atoms in total. The van der Waals surface area contributed by atoms with E-state index in [0.29, 0.717) is 17.1 Å². The number of hydrogen-bond donors (Lipinski definition) is 1. The molecule has 1 N–H and O–H groups in total. The van der Waals surface area contributed by atoms with Crippen LogP contribution in [0, 0.1) is 6.92 Å². The fraction of sp³-hybridized carbons (Fsp3) is 0.500. The van der Waals surface area contributed by atoms with Crippen molar-refractivity contribution >= 4 is 39.6 Å². The van der Waals surface area contributed by atoms with Crippen molar-refractivity contribution < 1.29 is 14.3 Å². The summed E-state index contributed by atoms with van der Waals surface area (Å²) in [5.74, 6) is -0.505. The molecule has 8 heteroatoms. The number of carbonyl (C=O) groups is 2. The average Bonchev–Trinajstić information content (AvgIpc) is 3.16. The minimum Gasteiger partial charge on any atom is -0.465 e. The van der Waals surface area contributed by atoms with E-state index in [4.69, 9.17) is 4.74 Å². The number of amides is 1. The maximum atomic E-state index is 12.5. The fourth-order valence-electron chi connectivity index (χ4n) is 3.20. The first kappa shape index (κ1) is 19.0. The largest absolute Gasteiger partial charge is 0.465 e. The first-order chi connectivity index (χ1) is 12.5. The summed E-state index contributed by atoms with van der Waals surface area (Å²) in [6.45, 7) is 2.82. The number of fused-ring (bicyclic) bond motifs is 1. The van der Waals surface area contributed by atoms with Crippen LogP contribution in [0.5, 0.6) is 0 Å². The number of methoxy groups -OCH3 is 1. The van der Waals surface area contributed by atoms with Gasteiger partial charge < -0.3 is 10.1 Å². The molecular formula is C18H23N3O3S2. The summed E-state index contributed by atoms with van der Waals surface area (Å²) in [4.78, 5) is 32.2. The monoisotopic (exact) mass is 393 g/mol. The van der Waals surface area contributed by atoms with Gasteiger partial charge in [-0.3, -0.25) is 9.69 Å². The van der Waals surface area contributed by atoms with E-state index < -0.39 is 0 Å². The van der Waals surface area contributed by atoms with Crippen LogP contribution in [0.25, 0.3) is 0 Å². The maximum absolute atomic E-state index is 12.5. The fourth-order valence-corrected chi connectivity index (χ4v) is 5.09. The second-order valence-electron chi connectivity index (χ2n) is 6.48. The molecule has 2 heterocycles. The lowest BCUT2D eigenvalue weighted by Gasteiger charge is -2.15. The highest BCUT2D eigenvalue weighted by Gasteiger charge is 2.27. The zero-order chi connectivity index (χ0) is 18.7. The van der Waals surface area contributed by atoms with E-state index in [1.807, 2.05) is 24.3 Å². The molecule has 0 aliphatic heterocycles. The van der Waals surface area contributed by atoms with Gasteiger partial charge in [-0.05, 0) is 45.2 Å². The van der Waals surface area contributed by atoms with Crippen molar-refractivity contribution in [1.82, 2.24) is 9.88 Å². The molecule has 2 aromatic heterocycles. The first-order valence-electron chi connectivity index (χ1n) is 8.60. The molecule has 1 aliphatic carbocycles. The summed E-state index contributed by atoms with van der Waals surface area (Å²) in [5, 5.41) is 6.57. The van der Waals surface area contributed by atoms with Crippen molar-refractivity contribution in [1.29, 1.82) is 0 Å². The molecule has 0 bridgehead atoms. The highest BCUT2D eigenvalue weighted by atomic mass is 32.1. The van der Waals surface area contributed by atoms with Crippen molar-refractivity contribution in [2.24, 2.45) is 0 Å². The summed E-state index contributed by atoms with van der Waals surface area (Å²) in [6, 6.07) is 0. The third kappa shape index (κ3) is 4.31. The van der Waals surface area contributed by atoms with Gasteiger partial charge in [-0.25, -0.2) is 9.78 Å². The van der Waals surface area contributed by atoms with Crippen LogP contribution >= 0.6 is 22.7 Å². The van der Waals surface area contributed by atoms with Gasteiger partial charge in [-0.1, -0.05) is 0 Å². The lowest BCUT2D eigenvalue weighted by atomic mass is 9.95. The van der Waals surface area contributed by atoms with Crippen molar-refractivity contribution in [3.63, 3.8) is 0 Å². The summed E-state index contributed by atoms with van der Waals surface area (Å²) >= 11 is 3.11. The first-order valence-corrected chi connectivity index (χ1v) is 10.3. The number of ether oxygens (including phenoxy) is 1. The Bertz CT molecular complexity index is 813. The number of nitrogens with one attached hydrogen (secondary N) is 1. The van der Waals surface area contributed by atoms with Gasteiger partial charge in [0.05, 0.1) is 29.9 Å². The molecule has 3 rings (SSSR count). The van der Waals surface area contributed by atoms with Crippen molar-refractivity contribution in [2.75, 3.05) is 26.0 Å². The number of rotatable bonds is 6. The van der Waals surface area contributed by atoms with E-state index in [1.165, 1.54) is 23.3 Å². The van der Waals surface area contributed by atoms with Gasteiger partial charge in [0.2, 0.25) is 5.91 Å². The lowest BCUT2D eigenvalue weighted by Crippen LogP contribution is -2.30. The summed E-state index contributed by atoms with van der Waals surface area (Å²) in [5.41, 5.74) is 2.55. The molecule has 1 amide bonds. The van der Waals surface area contributed by atoms with Gasteiger partial charge in [0.15, 0.2) is 0 Å². The Balaban J connectivity index is 1.68. The van der Waals surface area contributed by atoms with E-state index >= 15 is 0 Å². The topological polar surface area (TPSA) is 71.5 Å². The maximum Gasteiger partial charge on any atom is 0.341 e. The molecule has 0 saturated carbocycles. The number of aryl methyl sites for hydroxylation is 2. The van der Waals surface area contributed by atoms with E-state index in [9.17, 15) is 9.59 Å². The van der Waals surface area contributed by atoms with Gasteiger partial charge in [0.1, 0.15) is 5.00 Å². The van der Waals surface area contributed by atoms with Gasteiger partial charge in [0, 0.05) is 16.8 Å². The van der Waals surface area contributed by atoms with E-state index in [1.54, 1.807) is 11.3 Å². The zero-order valence-corrected chi connectivity index (χ0v) is 16.9. The number of thiazole rings is 1. The number of likely N-dealkylation sites (N-methyl/N-ethyl adjacent to an activating group) is 1. The van der Waals surface area contributed by atoms with Crippen LogP contribution in [-0.2, 0) is 28.9 Å². The van der Waals surface area contributed by atoms with Gasteiger partial charge in [-0.15, -0.1) is 22.7 Å². The van der Waals surface area contributed by atoms with Crippen LogP contribution in [-0.4, -0.2) is 42.5 Å². The summed E-state index contributed by atoms with van der Waals surface area (Å²) < 4.78 is 4.94. The molecule has 1 aliphatic rings. The number of carbonyl (C=O) groups excluding carboxylic acids is 2. The number of thiophene rings is 1. The Labute approximate surface area is 161 Å². The number of aromatic nitrogens is 1. The highest BCUT2D eigenvalue weighted by Crippen LogP contribution is 2.38. The van der Waals surface area contributed by atoms with Gasteiger partial charge in [0.25, 0.3) is 0 Å². The van der Waals surface area contributed by atoms with Crippen molar-refractivity contribution in [3.05, 3.63) is 32.1 Å². The standard InChI is InChI=1S/C18H23N3O3S2/c1-11-19-12(10-25-11)8-21(2)9-15(22)20-17-16(18(23)24-3)13-6-4-5-7-14(13)26-17/h10H,4-9H2,1-3H3,(H,20,22). The molecule has 140 valence electrons. The molecule has 2 aromatic rings. The lowest BCUT2D eigenvalue weighted by molar-refractivity contribution is -0.117. The molecule has 0 saturated heterocycles. The van der Waals surface area contributed by atoms with Crippen LogP contribution in [0.4, 0.5) is 5.00 Å². The average molecular weight is 394 g/mol. The number of nitrogens with zero attached hydrogens (tertiary/aromatic N) is 2. The number of hydrogen-bond acceptors (Lipinski definition) is 7.